The van der Waals surface area contributed by atoms with Crippen LogP contribution in [-0.2, 0) is 19.6 Å². The lowest BCUT2D eigenvalue weighted by Crippen LogP contribution is -2.43. The van der Waals surface area contributed by atoms with Crippen LogP contribution in [0.1, 0.15) is 52.8 Å². The molecule has 0 spiro atoms. The van der Waals surface area contributed by atoms with E-state index in [1.165, 1.54) is 28.6 Å². The monoisotopic (exact) mass is 473 g/mol. The highest BCUT2D eigenvalue weighted by molar-refractivity contribution is 7.89. The van der Waals surface area contributed by atoms with Gasteiger partial charge in [-0.05, 0) is 49.2 Å². The molecule has 3 rings (SSSR count). The van der Waals surface area contributed by atoms with E-state index >= 15 is 0 Å². The third-order valence-corrected chi connectivity index (χ3v) is 7.47. The van der Waals surface area contributed by atoms with E-state index in [0.29, 0.717) is 5.56 Å². The van der Waals surface area contributed by atoms with Gasteiger partial charge >= 0.3 is 5.97 Å². The van der Waals surface area contributed by atoms with Crippen molar-refractivity contribution in [3.8, 4) is 0 Å². The van der Waals surface area contributed by atoms with Gasteiger partial charge in [-0.1, -0.05) is 37.5 Å². The van der Waals surface area contributed by atoms with Gasteiger partial charge in [-0.3, -0.25) is 20.4 Å². The van der Waals surface area contributed by atoms with E-state index in [1.807, 2.05) is 0 Å². The van der Waals surface area contributed by atoms with Crippen molar-refractivity contribution in [3.05, 3.63) is 65.7 Å². The molecule has 1 fully saturated rings. The van der Waals surface area contributed by atoms with Crippen LogP contribution in [0.4, 0.5) is 0 Å². The van der Waals surface area contributed by atoms with E-state index in [-0.39, 0.29) is 16.5 Å². The molecule has 33 heavy (non-hydrogen) atoms. The number of hydrogen-bond donors (Lipinski definition) is 2. The minimum absolute atomic E-state index is 0.0192. The molecule has 176 valence electrons. The van der Waals surface area contributed by atoms with Crippen LogP contribution < -0.4 is 10.9 Å². The van der Waals surface area contributed by atoms with Crippen molar-refractivity contribution in [2.75, 3.05) is 13.7 Å². The van der Waals surface area contributed by atoms with Gasteiger partial charge in [0.1, 0.15) is 0 Å². The van der Waals surface area contributed by atoms with Gasteiger partial charge in [0.05, 0.1) is 10.5 Å². The number of carbonyl (C=O) groups excluding carboxylic acids is 3. The number of benzene rings is 2. The van der Waals surface area contributed by atoms with Crippen LogP contribution >= 0.6 is 0 Å². The number of amides is 2. The predicted molar refractivity (Wildman–Crippen MR) is 121 cm³/mol. The minimum atomic E-state index is -3.67. The van der Waals surface area contributed by atoms with Crippen LogP contribution in [0.5, 0.6) is 0 Å². The van der Waals surface area contributed by atoms with E-state index in [9.17, 15) is 22.8 Å². The first-order valence-electron chi connectivity index (χ1n) is 10.7. The Labute approximate surface area is 193 Å². The first-order chi connectivity index (χ1) is 15.8. The van der Waals surface area contributed by atoms with Gasteiger partial charge in [-0.25, -0.2) is 13.2 Å². The second-order valence-electron chi connectivity index (χ2n) is 7.78. The van der Waals surface area contributed by atoms with E-state index in [1.54, 1.807) is 37.4 Å². The number of nitrogens with zero attached hydrogens (tertiary/aromatic N) is 1. The first kappa shape index (κ1) is 24.4. The summed E-state index contributed by atoms with van der Waals surface area (Å²) in [5, 5.41) is 0. The zero-order chi connectivity index (χ0) is 23.8. The molecule has 0 radical (unpaired) electrons. The van der Waals surface area contributed by atoms with Gasteiger partial charge in [0.15, 0.2) is 6.61 Å². The number of sulfonamides is 1. The summed E-state index contributed by atoms with van der Waals surface area (Å²) in [6.07, 6.45) is 4.83. The molecule has 0 heterocycles. The summed E-state index contributed by atoms with van der Waals surface area (Å²) in [5.41, 5.74) is 4.85. The third kappa shape index (κ3) is 6.39. The molecule has 1 saturated carbocycles. The first-order valence-corrected chi connectivity index (χ1v) is 12.1. The highest BCUT2D eigenvalue weighted by Gasteiger charge is 2.29. The zero-order valence-electron chi connectivity index (χ0n) is 18.3. The summed E-state index contributed by atoms with van der Waals surface area (Å²) >= 11 is 0. The number of ether oxygens (including phenoxy) is 1. The molecule has 0 atom stereocenters. The van der Waals surface area contributed by atoms with Crippen molar-refractivity contribution in [1.29, 1.82) is 0 Å². The molecule has 2 N–H and O–H groups in total. The van der Waals surface area contributed by atoms with Crippen molar-refractivity contribution in [3.63, 3.8) is 0 Å². The maximum atomic E-state index is 12.9. The maximum Gasteiger partial charge on any atom is 0.338 e. The van der Waals surface area contributed by atoms with Gasteiger partial charge in [0.2, 0.25) is 10.0 Å². The summed E-state index contributed by atoms with van der Waals surface area (Å²) in [6, 6.07) is 13.7. The Balaban J connectivity index is 1.50. The molecule has 1 aliphatic carbocycles. The standard InChI is InChI=1S/C23H27N3O6S/c1-26(19-10-6-3-7-11-19)33(30,31)20-14-12-18(13-15-20)23(29)32-16-21(27)24-25-22(28)17-8-4-2-5-9-17/h2,4-5,8-9,12-15,19H,3,6-7,10-11,16H2,1H3,(H,24,27)(H,25,28). The van der Waals surface area contributed by atoms with Gasteiger partial charge in [-0.15, -0.1) is 0 Å². The number of carbonyl (C=O) groups is 3. The van der Waals surface area contributed by atoms with Crippen LogP contribution in [0.2, 0.25) is 0 Å². The fourth-order valence-corrected chi connectivity index (χ4v) is 5.02. The summed E-state index contributed by atoms with van der Waals surface area (Å²) < 4.78 is 32.1. The smallest absolute Gasteiger partial charge is 0.338 e. The molecule has 10 heteroatoms. The highest BCUT2D eigenvalue weighted by Crippen LogP contribution is 2.26. The Morgan fingerprint density at radius 1 is 0.909 bits per heavy atom. The Morgan fingerprint density at radius 2 is 1.55 bits per heavy atom. The fraction of sp³-hybridized carbons (Fsp3) is 0.348. The van der Waals surface area contributed by atoms with Crippen LogP contribution in [0.25, 0.3) is 0 Å². The highest BCUT2D eigenvalue weighted by atomic mass is 32.2. The van der Waals surface area contributed by atoms with Gasteiger partial charge in [0.25, 0.3) is 11.8 Å². The Bertz CT molecular complexity index is 1080. The molecule has 0 aliphatic heterocycles. The molecule has 0 bridgehead atoms. The lowest BCUT2D eigenvalue weighted by Gasteiger charge is -2.30. The number of esters is 1. The van der Waals surface area contributed by atoms with Crippen molar-refractivity contribution >= 4 is 27.8 Å². The normalized spacial score (nSPS) is 14.5. The Morgan fingerprint density at radius 3 is 2.18 bits per heavy atom. The van der Waals surface area contributed by atoms with Crippen molar-refractivity contribution in [2.45, 2.75) is 43.0 Å². The van der Waals surface area contributed by atoms with Gasteiger partial charge < -0.3 is 4.74 Å². The van der Waals surface area contributed by atoms with Crippen molar-refractivity contribution in [2.24, 2.45) is 0 Å². The molecule has 2 aromatic rings. The lowest BCUT2D eigenvalue weighted by molar-refractivity contribution is -0.125. The number of hydrogen-bond acceptors (Lipinski definition) is 6. The number of nitrogens with one attached hydrogen (secondary N) is 2. The summed E-state index contributed by atoms with van der Waals surface area (Å²) in [6.45, 7) is -0.613. The lowest BCUT2D eigenvalue weighted by atomic mass is 9.96. The maximum absolute atomic E-state index is 12.9. The second kappa shape index (κ2) is 11.1. The molecule has 1 aliphatic rings. The molecule has 9 nitrogen and oxygen atoms in total. The van der Waals surface area contributed by atoms with Gasteiger partial charge in [-0.2, -0.15) is 4.31 Å². The fourth-order valence-electron chi connectivity index (χ4n) is 3.61. The molecule has 2 amide bonds. The molecule has 0 aromatic heterocycles. The van der Waals surface area contributed by atoms with Crippen molar-refractivity contribution < 1.29 is 27.5 Å². The second-order valence-corrected chi connectivity index (χ2v) is 9.78. The zero-order valence-corrected chi connectivity index (χ0v) is 19.1. The molecular formula is C23H27N3O6S. The largest absolute Gasteiger partial charge is 0.452 e. The van der Waals surface area contributed by atoms with E-state index in [2.05, 4.69) is 10.9 Å². The summed E-state index contributed by atoms with van der Waals surface area (Å²) in [4.78, 5) is 36.0. The Kier molecular flexibility index (Phi) is 8.18. The van der Waals surface area contributed by atoms with Crippen molar-refractivity contribution in [1.82, 2.24) is 15.2 Å². The summed E-state index contributed by atoms with van der Waals surface area (Å²) in [5.74, 6) is -2.02. The average Bonchev–Trinajstić information content (AvgIpc) is 2.86. The average molecular weight is 474 g/mol. The van der Waals surface area contributed by atoms with E-state index in [0.717, 1.165) is 32.1 Å². The van der Waals surface area contributed by atoms with Crippen LogP contribution in [0.15, 0.2) is 59.5 Å². The molecule has 0 unspecified atom stereocenters. The molecule has 0 saturated heterocycles. The van der Waals surface area contributed by atoms with Crippen LogP contribution in [-0.4, -0.2) is 50.2 Å². The molecule has 2 aromatic carbocycles. The predicted octanol–water partition coefficient (Wildman–Crippen LogP) is 2.26. The third-order valence-electron chi connectivity index (χ3n) is 5.54. The summed E-state index contributed by atoms with van der Waals surface area (Å²) in [7, 11) is -2.08. The quantitative estimate of drug-likeness (QED) is 0.470. The van der Waals surface area contributed by atoms with Gasteiger partial charge in [0, 0.05) is 18.7 Å². The Hall–Kier alpha value is -3.24. The molecular weight excluding hydrogens is 446 g/mol. The number of hydrazine groups is 1. The van der Waals surface area contributed by atoms with E-state index < -0.39 is 34.4 Å². The van der Waals surface area contributed by atoms with Crippen LogP contribution in [0.3, 0.4) is 0 Å². The van der Waals surface area contributed by atoms with E-state index in [4.69, 9.17) is 4.74 Å². The number of rotatable bonds is 7. The topological polar surface area (TPSA) is 122 Å². The van der Waals surface area contributed by atoms with Crippen LogP contribution in [0, 0.1) is 0 Å². The minimum Gasteiger partial charge on any atom is -0.452 e. The SMILES string of the molecule is CN(C1CCCCC1)S(=O)(=O)c1ccc(C(=O)OCC(=O)NNC(=O)c2ccccc2)cc1.